The zero-order valence-corrected chi connectivity index (χ0v) is 57.6. The van der Waals surface area contributed by atoms with Gasteiger partial charge in [0.05, 0.1) is 22.1 Å². The fraction of sp³-hybridized carbons (Fsp3) is 0.0638. The Morgan fingerprint density at radius 2 is 0.620 bits per heavy atom. The number of para-hydroxylation sites is 2. The maximum Gasteiger partial charge on any atom is 0.172 e. The van der Waals surface area contributed by atoms with Gasteiger partial charge in [0, 0.05) is 75.6 Å². The van der Waals surface area contributed by atoms with E-state index in [0.717, 1.165) is 98.3 Å². The van der Waals surface area contributed by atoms with E-state index >= 15 is 9.13 Å². The molecule has 100 heavy (non-hydrogen) atoms. The fourth-order valence-corrected chi connectivity index (χ4v) is 23.9. The van der Waals surface area contributed by atoms with Crippen molar-refractivity contribution < 1.29 is 9.13 Å². The van der Waals surface area contributed by atoms with E-state index < -0.39 is 14.3 Å². The number of benzene rings is 15. The standard InChI is InChI=1S/C49H34NOP.C45H32NOP/c1-49(2)43-27-32(36-20-12-14-31-13-6-7-17-35(31)36)23-25-37(43)38-26-24-33(28-44(38)49)50-45-21-10-8-18-39(45)41-30-48-42(29-46(41)50)40-19-9-11-22-47(40)52(48,51)34-15-4-3-5-16-34;1-45(2)39-25-30(29-13-5-3-6-14-29)21-23-33(39)34-24-22-31(26-40(34)45)46-41-19-11-9-17-35(41)37-28-44-38(27-42(37)46)36-18-10-12-20-43(36)48(44,47)32-15-7-4-8-16-32/h3-30H,1-2H3;3-28H,1-2H3. The third-order valence-corrected chi connectivity index (χ3v) is 28.9. The highest BCUT2D eigenvalue weighted by atomic mass is 31.2. The smallest absolute Gasteiger partial charge is 0.172 e. The molecule has 0 fully saturated rings. The Balaban J connectivity index is 0.000000135. The van der Waals surface area contributed by atoms with E-state index in [9.17, 15) is 0 Å². The van der Waals surface area contributed by atoms with Gasteiger partial charge in [-0.1, -0.05) is 282 Å². The lowest BCUT2D eigenvalue weighted by Crippen LogP contribution is -2.20. The van der Waals surface area contributed by atoms with Crippen LogP contribution in [0.3, 0.4) is 0 Å². The van der Waals surface area contributed by atoms with Crippen LogP contribution < -0.4 is 31.8 Å². The minimum absolute atomic E-state index is 0.160. The molecule has 21 rings (SSSR count). The van der Waals surface area contributed by atoms with Crippen molar-refractivity contribution in [2.75, 3.05) is 0 Å². The van der Waals surface area contributed by atoms with Crippen molar-refractivity contribution in [3.05, 3.63) is 350 Å². The molecule has 0 bridgehead atoms. The van der Waals surface area contributed by atoms with Gasteiger partial charge in [-0.2, -0.15) is 0 Å². The average molecular weight is 1320 g/mol. The van der Waals surface area contributed by atoms with Gasteiger partial charge in [0.25, 0.3) is 0 Å². The topological polar surface area (TPSA) is 44.0 Å². The fourth-order valence-electron chi connectivity index (χ4n) is 17.7. The molecule has 15 aromatic carbocycles. The van der Waals surface area contributed by atoms with Gasteiger partial charge in [0.1, 0.15) is 0 Å². The predicted octanol–water partition coefficient (Wildman–Crippen LogP) is 21.9. The Bertz CT molecular complexity index is 6470. The third-order valence-electron chi connectivity index (χ3n) is 22.6. The van der Waals surface area contributed by atoms with Gasteiger partial charge in [-0.15, -0.1) is 0 Å². The highest BCUT2D eigenvalue weighted by Gasteiger charge is 2.44. The molecule has 4 heterocycles. The van der Waals surface area contributed by atoms with Crippen molar-refractivity contribution in [2.24, 2.45) is 0 Å². The second-order valence-electron chi connectivity index (χ2n) is 28.5. The monoisotopic (exact) mass is 1320 g/mol. The Morgan fingerprint density at radius 1 is 0.240 bits per heavy atom. The van der Waals surface area contributed by atoms with Gasteiger partial charge in [0.2, 0.25) is 0 Å². The first-order valence-electron chi connectivity index (χ1n) is 34.7. The quantitative estimate of drug-likeness (QED) is 0.156. The number of hydrogen-bond acceptors (Lipinski definition) is 2. The Labute approximate surface area is 581 Å². The second kappa shape index (κ2) is 21.6. The lowest BCUT2D eigenvalue weighted by Gasteiger charge is -2.23. The summed E-state index contributed by atoms with van der Waals surface area (Å²) in [5.74, 6) is 0. The molecule has 17 aromatic rings. The van der Waals surface area contributed by atoms with Crippen molar-refractivity contribution in [3.8, 4) is 78.1 Å². The molecule has 6 heteroatoms. The van der Waals surface area contributed by atoms with E-state index in [4.69, 9.17) is 0 Å². The highest BCUT2D eigenvalue weighted by Crippen LogP contribution is 2.57. The van der Waals surface area contributed by atoms with E-state index in [1.54, 1.807) is 0 Å². The number of aromatic nitrogens is 2. The summed E-state index contributed by atoms with van der Waals surface area (Å²) in [6, 6.07) is 117. The molecule has 0 spiro atoms. The second-order valence-corrected chi connectivity index (χ2v) is 33.9. The molecular formula is C94H66N2O2P2. The van der Waals surface area contributed by atoms with E-state index in [0.29, 0.717) is 0 Å². The van der Waals surface area contributed by atoms with E-state index in [-0.39, 0.29) is 10.8 Å². The SMILES string of the molecule is CC1(C)c2cc(-c3cccc4ccccc34)ccc2-c2ccc(-n3c4ccccc4c4cc5c(cc43)-c3ccccc3P5(=O)c3ccccc3)cc21.CC1(C)c2cc(-c3ccccc3)ccc2-c2ccc(-n3c4ccccc4c4cc5c(cc43)-c3ccccc3P5(=O)c3ccccc3)cc21. The van der Waals surface area contributed by atoms with Crippen LogP contribution in [-0.2, 0) is 20.0 Å². The molecule has 2 aliphatic heterocycles. The van der Waals surface area contributed by atoms with Gasteiger partial charge in [0.15, 0.2) is 14.3 Å². The summed E-state index contributed by atoms with van der Waals surface area (Å²) < 4.78 is 35.6. The number of fused-ring (bicyclic) bond motifs is 19. The molecule has 0 N–H and O–H groups in total. The third kappa shape index (κ3) is 8.24. The molecular weight excluding hydrogens is 1250 g/mol. The van der Waals surface area contributed by atoms with Crippen LogP contribution in [0.4, 0.5) is 0 Å². The van der Waals surface area contributed by atoms with Crippen LogP contribution in [0.2, 0.25) is 0 Å². The van der Waals surface area contributed by atoms with Crippen LogP contribution in [0.5, 0.6) is 0 Å². The van der Waals surface area contributed by atoms with E-state index in [2.05, 4.69) is 292 Å². The molecule has 2 aromatic heterocycles. The van der Waals surface area contributed by atoms with Crippen molar-refractivity contribution in [1.29, 1.82) is 0 Å². The van der Waals surface area contributed by atoms with Gasteiger partial charge < -0.3 is 18.3 Å². The Morgan fingerprint density at radius 3 is 1.13 bits per heavy atom. The molecule has 2 atom stereocenters. The van der Waals surface area contributed by atoms with Crippen molar-refractivity contribution in [3.63, 3.8) is 0 Å². The van der Waals surface area contributed by atoms with Crippen LogP contribution in [0.25, 0.3) is 133 Å². The van der Waals surface area contributed by atoms with Crippen molar-refractivity contribution >= 4 is 100 Å². The highest BCUT2D eigenvalue weighted by molar-refractivity contribution is 7.87. The molecule has 0 radical (unpaired) electrons. The average Bonchev–Trinajstić information content (AvgIpc) is 1.55. The first-order chi connectivity index (χ1) is 48.9. The summed E-state index contributed by atoms with van der Waals surface area (Å²) in [6.45, 7) is 9.44. The van der Waals surface area contributed by atoms with Crippen LogP contribution >= 0.6 is 14.3 Å². The number of rotatable bonds is 6. The normalized spacial score (nSPS) is 16.7. The molecule has 0 saturated carbocycles. The molecule has 4 nitrogen and oxygen atoms in total. The molecule has 2 aliphatic carbocycles. The maximum atomic E-state index is 15.4. The van der Waals surface area contributed by atoms with E-state index in [1.165, 1.54) is 88.3 Å². The van der Waals surface area contributed by atoms with Gasteiger partial charge in [-0.05, 0) is 173 Å². The number of nitrogens with zero attached hydrogens (tertiary/aromatic N) is 2. The zero-order valence-electron chi connectivity index (χ0n) is 55.8. The Kier molecular flexibility index (Phi) is 12.7. The van der Waals surface area contributed by atoms with Crippen molar-refractivity contribution in [2.45, 2.75) is 38.5 Å². The minimum Gasteiger partial charge on any atom is -0.309 e. The summed E-state index contributed by atoms with van der Waals surface area (Å²) in [5.41, 5.74) is 26.4. The molecule has 4 aliphatic rings. The first kappa shape index (κ1) is 58.7. The summed E-state index contributed by atoms with van der Waals surface area (Å²) in [7, 11) is -6.10. The van der Waals surface area contributed by atoms with Crippen LogP contribution in [0.1, 0.15) is 49.9 Å². The molecule has 474 valence electrons. The molecule has 0 amide bonds. The minimum atomic E-state index is -3.06. The zero-order chi connectivity index (χ0) is 67.0. The van der Waals surface area contributed by atoms with Crippen LogP contribution in [0.15, 0.2) is 328 Å². The van der Waals surface area contributed by atoms with E-state index in [1.807, 2.05) is 72.8 Å². The largest absolute Gasteiger partial charge is 0.309 e. The summed E-state index contributed by atoms with van der Waals surface area (Å²) in [4.78, 5) is 0. The van der Waals surface area contributed by atoms with Gasteiger partial charge >= 0.3 is 0 Å². The summed E-state index contributed by atoms with van der Waals surface area (Å²) >= 11 is 0. The first-order valence-corrected chi connectivity index (χ1v) is 38.1. The lowest BCUT2D eigenvalue weighted by atomic mass is 9.81. The van der Waals surface area contributed by atoms with Crippen LogP contribution in [-0.4, -0.2) is 9.13 Å². The lowest BCUT2D eigenvalue weighted by molar-refractivity contribution is 0.592. The van der Waals surface area contributed by atoms with Gasteiger partial charge in [-0.3, -0.25) is 0 Å². The van der Waals surface area contributed by atoms with Crippen molar-refractivity contribution in [1.82, 2.24) is 9.13 Å². The van der Waals surface area contributed by atoms with Crippen LogP contribution in [0, 0.1) is 0 Å². The van der Waals surface area contributed by atoms with Gasteiger partial charge in [-0.25, -0.2) is 0 Å². The molecule has 2 unspecified atom stereocenters. The molecule has 0 saturated heterocycles. The predicted molar refractivity (Wildman–Crippen MR) is 422 cm³/mol. The number of hydrogen-bond donors (Lipinski definition) is 0. The summed E-state index contributed by atoms with van der Waals surface area (Å²) in [6.07, 6.45) is 0. The maximum absolute atomic E-state index is 15.4. The summed E-state index contributed by atoms with van der Waals surface area (Å²) in [5, 5.41) is 12.6. The Hall–Kier alpha value is -11.4.